The number of para-hydroxylation sites is 1. The molecule has 1 aromatic carbocycles. The zero-order chi connectivity index (χ0) is 17.6. The molecule has 2 amide bonds. The van der Waals surface area contributed by atoms with Crippen molar-refractivity contribution in [2.45, 2.75) is 53.4 Å². The third-order valence-corrected chi connectivity index (χ3v) is 3.73. The molecule has 0 radical (unpaired) electrons. The maximum Gasteiger partial charge on any atom is 0.240 e. The van der Waals surface area contributed by atoms with Gasteiger partial charge in [-0.1, -0.05) is 52.8 Å². The third kappa shape index (κ3) is 6.05. The largest absolute Gasteiger partial charge is 0.355 e. The van der Waals surface area contributed by atoms with Crippen LogP contribution >= 0.6 is 0 Å². The van der Waals surface area contributed by atoms with Gasteiger partial charge in [-0.25, -0.2) is 0 Å². The highest BCUT2D eigenvalue weighted by molar-refractivity contribution is 5.98. The molecule has 0 bridgehead atoms. The van der Waals surface area contributed by atoms with Gasteiger partial charge < -0.3 is 10.2 Å². The Labute approximate surface area is 140 Å². The molecular formula is C19H30N2O2. The fourth-order valence-corrected chi connectivity index (χ4v) is 2.41. The zero-order valence-corrected chi connectivity index (χ0v) is 15.3. The predicted octanol–water partition coefficient (Wildman–Crippen LogP) is 3.50. The quantitative estimate of drug-likeness (QED) is 0.872. The molecule has 0 saturated carbocycles. The number of hydrogen-bond acceptors (Lipinski definition) is 2. The topological polar surface area (TPSA) is 49.4 Å². The van der Waals surface area contributed by atoms with Crippen molar-refractivity contribution in [2.75, 3.05) is 18.0 Å². The SMILES string of the molecule is CC(=O)N(CC(=O)NCCC(C)C)c1ccccc1C(C)(C)C. The minimum absolute atomic E-state index is 0.0561. The Kier molecular flexibility index (Phi) is 6.79. The molecule has 0 fully saturated rings. The van der Waals surface area contributed by atoms with Crippen LogP contribution < -0.4 is 10.2 Å². The first-order valence-corrected chi connectivity index (χ1v) is 8.27. The average Bonchev–Trinajstić information content (AvgIpc) is 2.43. The molecule has 4 nitrogen and oxygen atoms in total. The fraction of sp³-hybridized carbons (Fsp3) is 0.579. The molecule has 0 aliphatic rings. The van der Waals surface area contributed by atoms with E-state index in [-0.39, 0.29) is 23.8 Å². The van der Waals surface area contributed by atoms with Gasteiger partial charge in [0.05, 0.1) is 0 Å². The molecule has 0 aliphatic heterocycles. The number of carbonyl (C=O) groups is 2. The fourth-order valence-electron chi connectivity index (χ4n) is 2.41. The summed E-state index contributed by atoms with van der Waals surface area (Å²) in [6, 6.07) is 7.79. The number of benzene rings is 1. The lowest BCUT2D eigenvalue weighted by atomic mass is 9.85. The second kappa shape index (κ2) is 8.14. The molecule has 0 saturated heterocycles. The summed E-state index contributed by atoms with van der Waals surface area (Å²) in [6.45, 7) is 12.7. The van der Waals surface area contributed by atoms with E-state index < -0.39 is 0 Å². The summed E-state index contributed by atoms with van der Waals surface area (Å²) in [7, 11) is 0. The molecule has 0 unspecified atom stereocenters. The van der Waals surface area contributed by atoms with Crippen LogP contribution in [0.3, 0.4) is 0 Å². The zero-order valence-electron chi connectivity index (χ0n) is 15.3. The van der Waals surface area contributed by atoms with Crippen molar-refractivity contribution < 1.29 is 9.59 Å². The van der Waals surface area contributed by atoms with E-state index in [9.17, 15) is 9.59 Å². The second-order valence-corrected chi connectivity index (χ2v) is 7.40. The van der Waals surface area contributed by atoms with Crippen LogP contribution in [-0.2, 0) is 15.0 Å². The number of rotatable bonds is 6. The molecule has 1 rings (SSSR count). The maximum absolute atomic E-state index is 12.2. The summed E-state index contributed by atoms with van der Waals surface area (Å²) in [6.07, 6.45) is 0.935. The van der Waals surface area contributed by atoms with Crippen LogP contribution in [-0.4, -0.2) is 24.9 Å². The molecule has 128 valence electrons. The first-order valence-electron chi connectivity index (χ1n) is 8.27. The number of carbonyl (C=O) groups excluding carboxylic acids is 2. The number of anilines is 1. The summed E-state index contributed by atoms with van der Waals surface area (Å²) >= 11 is 0. The lowest BCUT2D eigenvalue weighted by molar-refractivity contribution is -0.123. The molecule has 0 atom stereocenters. The molecule has 0 aliphatic carbocycles. The van der Waals surface area contributed by atoms with Crippen LogP contribution in [0.4, 0.5) is 5.69 Å². The monoisotopic (exact) mass is 318 g/mol. The van der Waals surface area contributed by atoms with Crippen molar-refractivity contribution in [1.29, 1.82) is 0 Å². The molecule has 1 aromatic rings. The van der Waals surface area contributed by atoms with Gasteiger partial charge in [-0.2, -0.15) is 0 Å². The van der Waals surface area contributed by atoms with Gasteiger partial charge in [0.25, 0.3) is 0 Å². The number of nitrogens with zero attached hydrogens (tertiary/aromatic N) is 1. The van der Waals surface area contributed by atoms with Crippen molar-refractivity contribution >= 4 is 17.5 Å². The Morgan fingerprint density at radius 3 is 2.30 bits per heavy atom. The summed E-state index contributed by atoms with van der Waals surface area (Å²) in [5.74, 6) is 0.297. The van der Waals surface area contributed by atoms with E-state index in [1.165, 1.54) is 6.92 Å². The summed E-state index contributed by atoms with van der Waals surface area (Å²) in [5.41, 5.74) is 1.77. The van der Waals surface area contributed by atoms with Crippen molar-refractivity contribution in [1.82, 2.24) is 5.32 Å². The van der Waals surface area contributed by atoms with Crippen LogP contribution in [0.2, 0.25) is 0 Å². The Hall–Kier alpha value is -1.84. The van der Waals surface area contributed by atoms with Crippen LogP contribution in [0.5, 0.6) is 0 Å². The second-order valence-electron chi connectivity index (χ2n) is 7.40. The van der Waals surface area contributed by atoms with E-state index in [1.807, 2.05) is 24.3 Å². The normalized spacial score (nSPS) is 11.4. The van der Waals surface area contributed by atoms with Gasteiger partial charge in [-0.3, -0.25) is 9.59 Å². The van der Waals surface area contributed by atoms with Crippen LogP contribution in [0, 0.1) is 5.92 Å². The van der Waals surface area contributed by atoms with Gasteiger partial charge in [-0.15, -0.1) is 0 Å². The summed E-state index contributed by atoms with van der Waals surface area (Å²) < 4.78 is 0. The lowest BCUT2D eigenvalue weighted by Crippen LogP contribution is -2.41. The van der Waals surface area contributed by atoms with Crippen LogP contribution in [0.25, 0.3) is 0 Å². The van der Waals surface area contributed by atoms with E-state index in [2.05, 4.69) is 39.9 Å². The molecule has 23 heavy (non-hydrogen) atoms. The highest BCUT2D eigenvalue weighted by Gasteiger charge is 2.24. The Morgan fingerprint density at radius 2 is 1.78 bits per heavy atom. The predicted molar refractivity (Wildman–Crippen MR) is 95.6 cm³/mol. The maximum atomic E-state index is 12.2. The Balaban J connectivity index is 2.92. The summed E-state index contributed by atoms with van der Waals surface area (Å²) in [4.78, 5) is 25.8. The Morgan fingerprint density at radius 1 is 1.17 bits per heavy atom. The average molecular weight is 318 g/mol. The minimum Gasteiger partial charge on any atom is -0.355 e. The van der Waals surface area contributed by atoms with Crippen molar-refractivity contribution in [3.63, 3.8) is 0 Å². The van der Waals surface area contributed by atoms with E-state index in [4.69, 9.17) is 0 Å². The molecule has 1 N–H and O–H groups in total. The summed E-state index contributed by atoms with van der Waals surface area (Å²) in [5, 5.41) is 2.89. The van der Waals surface area contributed by atoms with Gasteiger partial charge in [0.15, 0.2) is 0 Å². The van der Waals surface area contributed by atoms with E-state index in [1.54, 1.807) is 4.90 Å². The Bertz CT molecular complexity index is 545. The van der Waals surface area contributed by atoms with E-state index in [0.29, 0.717) is 12.5 Å². The molecular weight excluding hydrogens is 288 g/mol. The molecule has 4 heteroatoms. The van der Waals surface area contributed by atoms with Gasteiger partial charge in [0.2, 0.25) is 11.8 Å². The molecule has 0 spiro atoms. The van der Waals surface area contributed by atoms with Crippen molar-refractivity contribution in [3.05, 3.63) is 29.8 Å². The number of amides is 2. The highest BCUT2D eigenvalue weighted by Crippen LogP contribution is 2.31. The highest BCUT2D eigenvalue weighted by atomic mass is 16.2. The van der Waals surface area contributed by atoms with Gasteiger partial charge in [-0.05, 0) is 29.4 Å². The first-order chi connectivity index (χ1) is 10.6. The van der Waals surface area contributed by atoms with Crippen molar-refractivity contribution in [3.8, 4) is 0 Å². The van der Waals surface area contributed by atoms with E-state index in [0.717, 1.165) is 17.7 Å². The van der Waals surface area contributed by atoms with Gasteiger partial charge in [0, 0.05) is 19.2 Å². The first kappa shape index (κ1) is 19.2. The molecule has 0 aromatic heterocycles. The van der Waals surface area contributed by atoms with Crippen molar-refractivity contribution in [2.24, 2.45) is 5.92 Å². The number of nitrogens with one attached hydrogen (secondary N) is 1. The van der Waals surface area contributed by atoms with E-state index >= 15 is 0 Å². The van der Waals surface area contributed by atoms with Gasteiger partial charge in [0.1, 0.15) is 6.54 Å². The number of hydrogen-bond donors (Lipinski definition) is 1. The molecule has 0 heterocycles. The lowest BCUT2D eigenvalue weighted by Gasteiger charge is -2.29. The standard InChI is InChI=1S/C19H30N2O2/c1-14(2)11-12-20-18(23)13-21(15(3)22)17-10-8-7-9-16(17)19(4,5)6/h7-10,14H,11-13H2,1-6H3,(H,20,23). The minimum atomic E-state index is -0.124. The van der Waals surface area contributed by atoms with Crippen LogP contribution in [0.15, 0.2) is 24.3 Å². The smallest absolute Gasteiger partial charge is 0.240 e. The van der Waals surface area contributed by atoms with Crippen LogP contribution in [0.1, 0.15) is 53.5 Å². The van der Waals surface area contributed by atoms with Gasteiger partial charge >= 0.3 is 0 Å². The third-order valence-electron chi connectivity index (χ3n) is 3.73.